The Morgan fingerprint density at radius 1 is 1.33 bits per heavy atom. The molecule has 0 aromatic heterocycles. The fourth-order valence-corrected chi connectivity index (χ4v) is 0.973. The molecule has 1 aromatic rings. The van der Waals surface area contributed by atoms with Gasteiger partial charge in [0.25, 0.3) is 0 Å². The maximum Gasteiger partial charge on any atom is 0.352 e. The number of hydrogen-bond donors (Lipinski definition) is 4. The van der Waals surface area contributed by atoms with Gasteiger partial charge in [-0.2, -0.15) is 0 Å². The molecule has 0 spiro atoms. The van der Waals surface area contributed by atoms with Crippen molar-refractivity contribution in [3.05, 3.63) is 23.8 Å². The van der Waals surface area contributed by atoms with Gasteiger partial charge in [0.15, 0.2) is 23.4 Å². The third-order valence-corrected chi connectivity index (χ3v) is 1.78. The summed E-state index contributed by atoms with van der Waals surface area (Å²) in [6, 6.07) is 2.99. The predicted octanol–water partition coefficient (Wildman–Crippen LogP) is 1.21. The highest BCUT2D eigenvalue weighted by molar-refractivity contribution is 6.35. The van der Waals surface area contributed by atoms with E-state index >= 15 is 0 Å². The molecule has 0 radical (unpaired) electrons. The standard InChI is InChI=1S/C9H8FNO4/c10-7(8(11)9(14)15)4-1-2-5(12)6(13)3-4/h1-3,7,11-13H,(H,14,15). The molecule has 6 heteroatoms. The Labute approximate surface area is 83.9 Å². The van der Waals surface area contributed by atoms with Gasteiger partial charge in [-0.25, -0.2) is 9.18 Å². The molecule has 0 heterocycles. The molecule has 0 saturated heterocycles. The first-order chi connectivity index (χ1) is 6.93. The van der Waals surface area contributed by atoms with Crippen LogP contribution in [0, 0.1) is 5.41 Å². The summed E-state index contributed by atoms with van der Waals surface area (Å²) in [6.45, 7) is 0. The molecule has 1 aromatic carbocycles. The number of alkyl halides is 1. The van der Waals surface area contributed by atoms with Crippen LogP contribution >= 0.6 is 0 Å². The molecule has 0 aliphatic carbocycles. The second-order valence-corrected chi connectivity index (χ2v) is 2.83. The summed E-state index contributed by atoms with van der Waals surface area (Å²) in [4.78, 5) is 10.3. The van der Waals surface area contributed by atoms with E-state index in [4.69, 9.17) is 20.7 Å². The van der Waals surface area contributed by atoms with Crippen LogP contribution in [0.25, 0.3) is 0 Å². The predicted molar refractivity (Wildman–Crippen MR) is 49.0 cm³/mol. The minimum absolute atomic E-state index is 0.197. The Bertz CT molecular complexity index is 419. The van der Waals surface area contributed by atoms with Gasteiger partial charge in [-0.3, -0.25) is 5.41 Å². The number of carboxylic acids is 1. The number of carboxylic acid groups (broad SMARTS) is 1. The van der Waals surface area contributed by atoms with Gasteiger partial charge in [-0.15, -0.1) is 0 Å². The van der Waals surface area contributed by atoms with Crippen LogP contribution in [0.3, 0.4) is 0 Å². The van der Waals surface area contributed by atoms with Gasteiger partial charge in [0.2, 0.25) is 0 Å². The molecular formula is C9H8FNO4. The number of rotatable bonds is 3. The smallest absolute Gasteiger partial charge is 0.352 e. The Balaban J connectivity index is 3.02. The van der Waals surface area contributed by atoms with Crippen LogP contribution in [0.5, 0.6) is 11.5 Å². The van der Waals surface area contributed by atoms with E-state index in [0.717, 1.165) is 18.2 Å². The van der Waals surface area contributed by atoms with Crippen molar-refractivity contribution in [3.8, 4) is 11.5 Å². The van der Waals surface area contributed by atoms with Gasteiger partial charge in [-0.1, -0.05) is 6.07 Å². The molecule has 15 heavy (non-hydrogen) atoms. The van der Waals surface area contributed by atoms with Gasteiger partial charge < -0.3 is 15.3 Å². The lowest BCUT2D eigenvalue weighted by Crippen LogP contribution is -2.17. The number of nitrogens with one attached hydrogen (secondary N) is 1. The van der Waals surface area contributed by atoms with Gasteiger partial charge in [0.1, 0.15) is 0 Å². The first-order valence-corrected chi connectivity index (χ1v) is 3.91. The van der Waals surface area contributed by atoms with Gasteiger partial charge >= 0.3 is 5.97 Å². The van der Waals surface area contributed by atoms with Crippen molar-refractivity contribution in [2.45, 2.75) is 6.17 Å². The monoisotopic (exact) mass is 213 g/mol. The molecule has 0 amide bonds. The third-order valence-electron chi connectivity index (χ3n) is 1.78. The summed E-state index contributed by atoms with van der Waals surface area (Å²) in [5.74, 6) is -2.67. The summed E-state index contributed by atoms with van der Waals surface area (Å²) >= 11 is 0. The van der Waals surface area contributed by atoms with Gasteiger partial charge in [-0.05, 0) is 17.7 Å². The fourth-order valence-electron chi connectivity index (χ4n) is 0.973. The Morgan fingerprint density at radius 3 is 2.40 bits per heavy atom. The van der Waals surface area contributed by atoms with Crippen LogP contribution in [0.4, 0.5) is 4.39 Å². The molecule has 1 rings (SSSR count). The molecular weight excluding hydrogens is 205 g/mol. The lowest BCUT2D eigenvalue weighted by atomic mass is 10.1. The minimum Gasteiger partial charge on any atom is -0.504 e. The van der Waals surface area contributed by atoms with Crippen molar-refractivity contribution in [2.24, 2.45) is 0 Å². The lowest BCUT2D eigenvalue weighted by molar-refractivity contribution is -0.129. The van der Waals surface area contributed by atoms with E-state index in [1.807, 2.05) is 0 Å². The largest absolute Gasteiger partial charge is 0.504 e. The van der Waals surface area contributed by atoms with Crippen molar-refractivity contribution >= 4 is 11.7 Å². The second-order valence-electron chi connectivity index (χ2n) is 2.83. The average Bonchev–Trinajstić information content (AvgIpc) is 2.19. The SMILES string of the molecule is N=C(C(=O)O)C(F)c1ccc(O)c(O)c1. The van der Waals surface area contributed by atoms with E-state index in [1.165, 1.54) is 0 Å². The molecule has 0 fully saturated rings. The van der Waals surface area contributed by atoms with E-state index in [1.54, 1.807) is 0 Å². The number of benzene rings is 1. The van der Waals surface area contributed by atoms with Gasteiger partial charge in [0, 0.05) is 0 Å². The maximum atomic E-state index is 13.3. The van der Waals surface area contributed by atoms with Crippen LogP contribution in [0.1, 0.15) is 11.7 Å². The summed E-state index contributed by atoms with van der Waals surface area (Å²) in [7, 11) is 0. The van der Waals surface area contributed by atoms with Crippen molar-refractivity contribution in [2.75, 3.05) is 0 Å². The molecule has 0 aliphatic rings. The van der Waals surface area contributed by atoms with E-state index in [9.17, 15) is 9.18 Å². The molecule has 80 valence electrons. The normalized spacial score (nSPS) is 12.1. The van der Waals surface area contributed by atoms with Crippen LogP contribution in [-0.2, 0) is 4.79 Å². The van der Waals surface area contributed by atoms with Crippen molar-refractivity contribution in [1.29, 1.82) is 5.41 Å². The average molecular weight is 213 g/mol. The molecule has 4 N–H and O–H groups in total. The Hall–Kier alpha value is -2.11. The van der Waals surface area contributed by atoms with Crippen molar-refractivity contribution < 1.29 is 24.5 Å². The summed E-state index contributed by atoms with van der Waals surface area (Å²) in [5.41, 5.74) is -1.32. The van der Waals surface area contributed by atoms with Crippen LogP contribution in [-0.4, -0.2) is 27.0 Å². The molecule has 1 unspecified atom stereocenters. The first-order valence-electron chi connectivity index (χ1n) is 3.91. The lowest BCUT2D eigenvalue weighted by Gasteiger charge is -2.07. The minimum atomic E-state index is -2.13. The number of halogens is 1. The highest BCUT2D eigenvalue weighted by Crippen LogP contribution is 2.29. The maximum absolute atomic E-state index is 13.3. The van der Waals surface area contributed by atoms with Crippen molar-refractivity contribution in [1.82, 2.24) is 0 Å². The van der Waals surface area contributed by atoms with E-state index in [0.29, 0.717) is 0 Å². The molecule has 0 bridgehead atoms. The second kappa shape index (κ2) is 3.95. The number of aliphatic carboxylic acids is 1. The number of hydrogen-bond acceptors (Lipinski definition) is 4. The Morgan fingerprint density at radius 2 is 1.93 bits per heavy atom. The molecule has 0 saturated carbocycles. The number of aromatic hydroxyl groups is 2. The van der Waals surface area contributed by atoms with E-state index < -0.39 is 29.4 Å². The highest BCUT2D eigenvalue weighted by Gasteiger charge is 2.22. The zero-order chi connectivity index (χ0) is 11.6. The topological polar surface area (TPSA) is 102 Å². The number of carbonyl (C=O) groups is 1. The Kier molecular flexibility index (Phi) is 2.89. The highest BCUT2D eigenvalue weighted by atomic mass is 19.1. The quantitative estimate of drug-likeness (QED) is 0.447. The number of phenols is 2. The van der Waals surface area contributed by atoms with Crippen LogP contribution in [0.15, 0.2) is 18.2 Å². The molecule has 1 atom stereocenters. The van der Waals surface area contributed by atoms with E-state index in [2.05, 4.69) is 0 Å². The zero-order valence-corrected chi connectivity index (χ0v) is 7.44. The molecule has 5 nitrogen and oxygen atoms in total. The fraction of sp³-hybridized carbons (Fsp3) is 0.111. The third kappa shape index (κ3) is 2.22. The zero-order valence-electron chi connectivity index (χ0n) is 7.44. The van der Waals surface area contributed by atoms with Gasteiger partial charge in [0.05, 0.1) is 0 Å². The first kappa shape index (κ1) is 11.0. The van der Waals surface area contributed by atoms with Crippen LogP contribution < -0.4 is 0 Å². The van der Waals surface area contributed by atoms with Crippen LogP contribution in [0.2, 0.25) is 0 Å². The van der Waals surface area contributed by atoms with E-state index in [-0.39, 0.29) is 5.56 Å². The molecule has 0 aliphatic heterocycles. The number of phenolic OH excluding ortho intramolecular Hbond substituents is 2. The summed E-state index contributed by atoms with van der Waals surface area (Å²) < 4.78 is 13.3. The van der Waals surface area contributed by atoms with Crippen molar-refractivity contribution in [3.63, 3.8) is 0 Å². The summed E-state index contributed by atoms with van der Waals surface area (Å²) in [5, 5.41) is 33.2. The summed E-state index contributed by atoms with van der Waals surface area (Å²) in [6.07, 6.45) is -2.13.